The van der Waals surface area contributed by atoms with Crippen LogP contribution in [-0.2, 0) is 0 Å². The molecule has 0 saturated carbocycles. The van der Waals surface area contributed by atoms with Crippen molar-refractivity contribution in [3.05, 3.63) is 72.4 Å². The van der Waals surface area contributed by atoms with Crippen LogP contribution >= 0.6 is 0 Å². The van der Waals surface area contributed by atoms with Crippen LogP contribution < -0.4 is 0 Å². The predicted molar refractivity (Wildman–Crippen MR) is 75.9 cm³/mol. The van der Waals surface area contributed by atoms with Gasteiger partial charge in [-0.1, -0.05) is 12.1 Å². The number of hydrogen-bond donors (Lipinski definition) is 1. The quantitative estimate of drug-likeness (QED) is 0.801. The number of carboxylic acid groups (broad SMARTS) is 1. The summed E-state index contributed by atoms with van der Waals surface area (Å²) in [6.45, 7) is 0. The van der Waals surface area contributed by atoms with Crippen LogP contribution in [-0.4, -0.2) is 20.6 Å². The number of pyridine rings is 1. The molecule has 1 aromatic carbocycles. The van der Waals surface area contributed by atoms with Crippen molar-refractivity contribution < 1.29 is 14.3 Å². The average molecular weight is 282 g/mol. The van der Waals surface area contributed by atoms with Crippen molar-refractivity contribution in [3.63, 3.8) is 0 Å². The molecule has 0 spiro atoms. The number of aromatic nitrogens is 2. The van der Waals surface area contributed by atoms with Gasteiger partial charge in [0.2, 0.25) is 0 Å². The normalized spacial score (nSPS) is 10.5. The van der Waals surface area contributed by atoms with Crippen LogP contribution in [0.4, 0.5) is 4.39 Å². The Labute approximate surface area is 120 Å². The minimum atomic E-state index is -0.989. The maximum atomic E-state index is 13.8. The molecule has 2 heterocycles. The van der Waals surface area contributed by atoms with Crippen LogP contribution in [0.5, 0.6) is 0 Å². The van der Waals surface area contributed by atoms with Crippen LogP contribution in [0.2, 0.25) is 0 Å². The van der Waals surface area contributed by atoms with Gasteiger partial charge in [-0.05, 0) is 30.3 Å². The van der Waals surface area contributed by atoms with Gasteiger partial charge in [-0.15, -0.1) is 0 Å². The van der Waals surface area contributed by atoms with E-state index in [1.54, 1.807) is 47.3 Å². The van der Waals surface area contributed by atoms with Crippen LogP contribution in [0.25, 0.3) is 16.9 Å². The first-order valence-electron chi connectivity index (χ1n) is 6.28. The summed E-state index contributed by atoms with van der Waals surface area (Å²) < 4.78 is 15.5. The van der Waals surface area contributed by atoms with E-state index in [0.717, 1.165) is 5.69 Å². The van der Waals surface area contributed by atoms with Crippen molar-refractivity contribution in [2.75, 3.05) is 0 Å². The molecule has 104 valence electrons. The van der Waals surface area contributed by atoms with E-state index in [1.807, 2.05) is 0 Å². The van der Waals surface area contributed by atoms with Gasteiger partial charge in [0.25, 0.3) is 0 Å². The van der Waals surface area contributed by atoms with E-state index in [9.17, 15) is 9.18 Å². The van der Waals surface area contributed by atoms with Gasteiger partial charge in [0.15, 0.2) is 0 Å². The fourth-order valence-corrected chi connectivity index (χ4v) is 2.08. The molecule has 4 nitrogen and oxygen atoms in total. The van der Waals surface area contributed by atoms with Gasteiger partial charge in [-0.3, -0.25) is 4.98 Å². The summed E-state index contributed by atoms with van der Waals surface area (Å²) in [5.41, 5.74) is 1.82. The summed E-state index contributed by atoms with van der Waals surface area (Å²) in [4.78, 5) is 15.1. The Morgan fingerprint density at radius 3 is 2.71 bits per heavy atom. The minimum absolute atomic E-state index is 0.194. The van der Waals surface area contributed by atoms with E-state index < -0.39 is 5.97 Å². The Hall–Kier alpha value is -2.95. The Kier molecular flexibility index (Phi) is 3.23. The van der Waals surface area contributed by atoms with Crippen LogP contribution in [0.1, 0.15) is 10.4 Å². The molecule has 21 heavy (non-hydrogen) atoms. The number of benzene rings is 1. The highest BCUT2D eigenvalue weighted by Gasteiger charge is 2.09. The first kappa shape index (κ1) is 13.1. The Balaban J connectivity index is 2.04. The Bertz CT molecular complexity index is 811. The second kappa shape index (κ2) is 5.20. The van der Waals surface area contributed by atoms with Crippen molar-refractivity contribution >= 4 is 5.97 Å². The average Bonchev–Trinajstić information content (AvgIpc) is 2.98. The molecule has 5 heteroatoms. The van der Waals surface area contributed by atoms with Gasteiger partial charge in [-0.2, -0.15) is 0 Å². The molecule has 0 amide bonds. The number of carbonyl (C=O) groups is 1. The molecule has 0 saturated heterocycles. The lowest BCUT2D eigenvalue weighted by molar-refractivity contribution is 0.0697. The number of halogens is 1. The molecule has 0 radical (unpaired) electrons. The summed E-state index contributed by atoms with van der Waals surface area (Å²) in [5, 5.41) is 8.94. The number of hydrogen-bond acceptors (Lipinski definition) is 2. The van der Waals surface area contributed by atoms with Gasteiger partial charge in [-0.25, -0.2) is 9.18 Å². The van der Waals surface area contributed by atoms with Gasteiger partial charge in [0.1, 0.15) is 5.82 Å². The Morgan fingerprint density at radius 1 is 1.19 bits per heavy atom. The summed E-state index contributed by atoms with van der Waals surface area (Å²) >= 11 is 0. The van der Waals surface area contributed by atoms with E-state index in [1.165, 1.54) is 18.3 Å². The van der Waals surface area contributed by atoms with Gasteiger partial charge < -0.3 is 9.67 Å². The summed E-state index contributed by atoms with van der Waals surface area (Å²) in [7, 11) is 0. The molecule has 0 aliphatic carbocycles. The maximum Gasteiger partial charge on any atom is 0.337 e. The first-order chi connectivity index (χ1) is 10.1. The standard InChI is InChI=1S/C16H11FN2O2/c17-14-4-2-1-3-13(14)15-9-12(5-7-18-15)19-8-6-11(10-19)16(20)21/h1-10H,(H,20,21). The highest BCUT2D eigenvalue weighted by molar-refractivity contribution is 5.87. The molecular weight excluding hydrogens is 271 g/mol. The lowest BCUT2D eigenvalue weighted by Crippen LogP contribution is -1.96. The van der Waals surface area contributed by atoms with Gasteiger partial charge in [0.05, 0.1) is 11.3 Å². The van der Waals surface area contributed by atoms with Gasteiger partial charge >= 0.3 is 5.97 Å². The lowest BCUT2D eigenvalue weighted by Gasteiger charge is -2.06. The maximum absolute atomic E-state index is 13.8. The van der Waals surface area contributed by atoms with E-state index in [-0.39, 0.29) is 11.4 Å². The zero-order valence-corrected chi connectivity index (χ0v) is 10.9. The van der Waals surface area contributed by atoms with Crippen LogP contribution in [0.3, 0.4) is 0 Å². The molecule has 1 N–H and O–H groups in total. The zero-order chi connectivity index (χ0) is 14.8. The van der Waals surface area contributed by atoms with E-state index >= 15 is 0 Å². The Morgan fingerprint density at radius 2 is 2.00 bits per heavy atom. The summed E-state index contributed by atoms with van der Waals surface area (Å²) in [6, 6.07) is 11.3. The topological polar surface area (TPSA) is 55.1 Å². The van der Waals surface area contributed by atoms with E-state index in [4.69, 9.17) is 5.11 Å². The number of nitrogens with zero attached hydrogens (tertiary/aromatic N) is 2. The van der Waals surface area contributed by atoms with Crippen molar-refractivity contribution in [3.8, 4) is 16.9 Å². The highest BCUT2D eigenvalue weighted by Crippen LogP contribution is 2.22. The van der Waals surface area contributed by atoms with Crippen molar-refractivity contribution in [1.82, 2.24) is 9.55 Å². The molecule has 0 fully saturated rings. The number of aromatic carboxylic acids is 1. The molecule has 0 aliphatic rings. The smallest absolute Gasteiger partial charge is 0.337 e. The second-order valence-corrected chi connectivity index (χ2v) is 4.49. The van der Waals surface area contributed by atoms with Crippen LogP contribution in [0, 0.1) is 5.82 Å². The van der Waals surface area contributed by atoms with Crippen molar-refractivity contribution in [2.45, 2.75) is 0 Å². The molecule has 3 rings (SSSR count). The second-order valence-electron chi connectivity index (χ2n) is 4.49. The molecule has 3 aromatic rings. The zero-order valence-electron chi connectivity index (χ0n) is 10.9. The molecule has 0 unspecified atom stereocenters. The van der Waals surface area contributed by atoms with E-state index in [0.29, 0.717) is 11.3 Å². The molecular formula is C16H11FN2O2. The lowest BCUT2D eigenvalue weighted by atomic mass is 10.1. The third kappa shape index (κ3) is 2.53. The highest BCUT2D eigenvalue weighted by atomic mass is 19.1. The number of rotatable bonds is 3. The summed E-state index contributed by atoms with van der Waals surface area (Å²) in [6.07, 6.45) is 4.71. The van der Waals surface area contributed by atoms with E-state index in [2.05, 4.69) is 4.98 Å². The van der Waals surface area contributed by atoms with Gasteiger partial charge in [0, 0.05) is 29.8 Å². The molecule has 2 aromatic heterocycles. The third-order valence-corrected chi connectivity index (χ3v) is 3.13. The third-order valence-electron chi connectivity index (χ3n) is 3.13. The monoisotopic (exact) mass is 282 g/mol. The molecule has 0 bridgehead atoms. The minimum Gasteiger partial charge on any atom is -0.478 e. The molecule has 0 aliphatic heterocycles. The predicted octanol–water partition coefficient (Wildman–Crippen LogP) is 3.38. The molecule has 0 atom stereocenters. The fourth-order valence-electron chi connectivity index (χ4n) is 2.08. The van der Waals surface area contributed by atoms with Crippen molar-refractivity contribution in [2.24, 2.45) is 0 Å². The van der Waals surface area contributed by atoms with Crippen molar-refractivity contribution in [1.29, 1.82) is 0 Å². The fraction of sp³-hybridized carbons (Fsp3) is 0. The largest absolute Gasteiger partial charge is 0.478 e. The first-order valence-corrected chi connectivity index (χ1v) is 6.28. The number of carboxylic acids is 1. The SMILES string of the molecule is O=C(O)c1ccn(-c2ccnc(-c3ccccc3F)c2)c1. The van der Waals surface area contributed by atoms with Crippen LogP contribution in [0.15, 0.2) is 61.1 Å². The summed E-state index contributed by atoms with van der Waals surface area (Å²) in [5.74, 6) is -1.34.